The number of carbonyl (C=O) groups is 2. The van der Waals surface area contributed by atoms with Crippen molar-refractivity contribution in [1.29, 1.82) is 0 Å². The number of hydrogen-bond donors (Lipinski definition) is 2. The van der Waals surface area contributed by atoms with Crippen LogP contribution in [0.3, 0.4) is 0 Å². The standard InChI is InChI=1S/C21H17N5O3/c1-2-10-23-20(27)16-17-19(25-15-9-4-3-8-14(15)24-17)26(18(16)22)13-7-5-6-12(11-13)21(28)29/h2-9,11H,1,10,22H2,(H,23,27)(H,28,29)/p-1. The highest BCUT2D eigenvalue weighted by Crippen LogP contribution is 2.31. The van der Waals surface area contributed by atoms with Gasteiger partial charge in [-0.3, -0.25) is 9.36 Å². The number of para-hydroxylation sites is 2. The van der Waals surface area contributed by atoms with E-state index in [1.54, 1.807) is 30.3 Å². The third-order valence-electron chi connectivity index (χ3n) is 4.47. The molecule has 0 atom stereocenters. The Hall–Kier alpha value is -4.20. The molecule has 2 aromatic heterocycles. The summed E-state index contributed by atoms with van der Waals surface area (Å²) < 4.78 is 1.52. The van der Waals surface area contributed by atoms with Gasteiger partial charge in [0.05, 0.1) is 17.0 Å². The minimum Gasteiger partial charge on any atom is -0.545 e. The van der Waals surface area contributed by atoms with Crippen LogP contribution >= 0.6 is 0 Å². The summed E-state index contributed by atoms with van der Waals surface area (Å²) in [6.07, 6.45) is 1.55. The molecule has 0 unspecified atom stereocenters. The molecule has 0 fully saturated rings. The molecule has 2 heterocycles. The highest BCUT2D eigenvalue weighted by Gasteiger charge is 2.24. The van der Waals surface area contributed by atoms with Crippen LogP contribution in [-0.4, -0.2) is 33.0 Å². The number of aromatic nitrogens is 3. The number of amides is 1. The summed E-state index contributed by atoms with van der Waals surface area (Å²) in [5, 5.41) is 14.0. The quantitative estimate of drug-likeness (QED) is 0.500. The summed E-state index contributed by atoms with van der Waals surface area (Å²) in [5.41, 5.74) is 8.82. The smallest absolute Gasteiger partial charge is 0.257 e. The van der Waals surface area contributed by atoms with Crippen LogP contribution in [0.4, 0.5) is 5.82 Å². The van der Waals surface area contributed by atoms with E-state index in [1.165, 1.54) is 16.7 Å². The molecule has 0 saturated carbocycles. The molecule has 1 amide bonds. The highest BCUT2D eigenvalue weighted by atomic mass is 16.4. The van der Waals surface area contributed by atoms with Gasteiger partial charge < -0.3 is 21.0 Å². The lowest BCUT2D eigenvalue weighted by atomic mass is 10.2. The molecule has 0 aliphatic rings. The van der Waals surface area contributed by atoms with Crippen LogP contribution in [0.5, 0.6) is 0 Å². The van der Waals surface area contributed by atoms with E-state index >= 15 is 0 Å². The number of aromatic carboxylic acids is 1. The number of carboxylic acids is 1. The number of nitrogens with zero attached hydrogens (tertiary/aromatic N) is 3. The summed E-state index contributed by atoms with van der Waals surface area (Å²) in [6, 6.07) is 13.3. The minimum absolute atomic E-state index is 0.0184. The van der Waals surface area contributed by atoms with Gasteiger partial charge in [-0.15, -0.1) is 6.58 Å². The van der Waals surface area contributed by atoms with Gasteiger partial charge in [0.15, 0.2) is 5.65 Å². The summed E-state index contributed by atoms with van der Waals surface area (Å²) >= 11 is 0. The number of hydrogen-bond acceptors (Lipinski definition) is 6. The number of benzene rings is 2. The lowest BCUT2D eigenvalue weighted by Gasteiger charge is -2.10. The van der Waals surface area contributed by atoms with E-state index in [0.29, 0.717) is 27.9 Å². The van der Waals surface area contributed by atoms with Crippen molar-refractivity contribution in [3.8, 4) is 5.69 Å². The summed E-state index contributed by atoms with van der Waals surface area (Å²) in [4.78, 5) is 33.3. The normalized spacial score (nSPS) is 10.9. The molecule has 8 heteroatoms. The van der Waals surface area contributed by atoms with E-state index in [2.05, 4.69) is 21.9 Å². The maximum atomic E-state index is 12.8. The predicted molar refractivity (Wildman–Crippen MR) is 108 cm³/mol. The van der Waals surface area contributed by atoms with Crippen molar-refractivity contribution in [1.82, 2.24) is 19.9 Å². The molecule has 4 aromatic rings. The SMILES string of the molecule is C=CCNC(=O)c1c(N)n(-c2cccc(C(=O)[O-])c2)c2nc3ccccc3nc12. The van der Waals surface area contributed by atoms with E-state index in [9.17, 15) is 14.7 Å². The Morgan fingerprint density at radius 1 is 1.14 bits per heavy atom. The van der Waals surface area contributed by atoms with Gasteiger partial charge >= 0.3 is 0 Å². The monoisotopic (exact) mass is 386 g/mol. The van der Waals surface area contributed by atoms with E-state index in [1.807, 2.05) is 12.1 Å². The van der Waals surface area contributed by atoms with Gasteiger partial charge in [-0.2, -0.15) is 0 Å². The fourth-order valence-corrected chi connectivity index (χ4v) is 3.17. The summed E-state index contributed by atoms with van der Waals surface area (Å²) in [7, 11) is 0. The Balaban J connectivity index is 2.05. The van der Waals surface area contributed by atoms with Crippen LogP contribution in [0.15, 0.2) is 61.2 Å². The Labute approximate surface area is 165 Å². The first-order chi connectivity index (χ1) is 14.0. The Kier molecular flexibility index (Phi) is 4.44. The van der Waals surface area contributed by atoms with E-state index in [4.69, 9.17) is 5.73 Å². The third kappa shape index (κ3) is 3.06. The first-order valence-electron chi connectivity index (χ1n) is 8.79. The first kappa shape index (κ1) is 18.2. The lowest BCUT2D eigenvalue weighted by molar-refractivity contribution is -0.255. The molecule has 29 heavy (non-hydrogen) atoms. The van der Waals surface area contributed by atoms with Crippen molar-refractivity contribution < 1.29 is 14.7 Å². The summed E-state index contributed by atoms with van der Waals surface area (Å²) in [5.74, 6) is -1.64. The second kappa shape index (κ2) is 7.08. The molecule has 0 aliphatic carbocycles. The predicted octanol–water partition coefficient (Wildman–Crippen LogP) is 1.44. The maximum Gasteiger partial charge on any atom is 0.257 e. The third-order valence-corrected chi connectivity index (χ3v) is 4.47. The van der Waals surface area contributed by atoms with E-state index in [-0.39, 0.29) is 23.5 Å². The average molecular weight is 386 g/mol. The Morgan fingerprint density at radius 2 is 1.86 bits per heavy atom. The molecule has 0 radical (unpaired) electrons. The molecule has 3 N–H and O–H groups in total. The van der Waals surface area contributed by atoms with Gasteiger partial charge in [-0.25, -0.2) is 9.97 Å². The van der Waals surface area contributed by atoms with Crippen LogP contribution in [0, 0.1) is 0 Å². The zero-order valence-electron chi connectivity index (χ0n) is 15.3. The average Bonchev–Trinajstić information content (AvgIpc) is 3.01. The van der Waals surface area contributed by atoms with Gasteiger partial charge in [0, 0.05) is 12.2 Å². The van der Waals surface area contributed by atoms with E-state index in [0.717, 1.165) is 0 Å². The number of nitrogen functional groups attached to an aromatic ring is 1. The van der Waals surface area contributed by atoms with Crippen LogP contribution in [0.2, 0.25) is 0 Å². The first-order valence-corrected chi connectivity index (χ1v) is 8.79. The fraction of sp³-hybridized carbons (Fsp3) is 0.0476. The van der Waals surface area contributed by atoms with Crippen LogP contribution < -0.4 is 16.2 Å². The zero-order chi connectivity index (χ0) is 20.5. The second-order valence-electron chi connectivity index (χ2n) is 6.32. The Morgan fingerprint density at radius 3 is 2.55 bits per heavy atom. The van der Waals surface area contributed by atoms with E-state index < -0.39 is 11.9 Å². The Bertz CT molecular complexity index is 1290. The lowest BCUT2D eigenvalue weighted by Crippen LogP contribution is -2.24. The molecule has 144 valence electrons. The second-order valence-corrected chi connectivity index (χ2v) is 6.32. The number of nitrogens with one attached hydrogen (secondary N) is 1. The van der Waals surface area contributed by atoms with Crippen molar-refractivity contribution in [2.75, 3.05) is 12.3 Å². The van der Waals surface area contributed by atoms with Crippen LogP contribution in [0.25, 0.3) is 27.9 Å². The van der Waals surface area contributed by atoms with Gasteiger partial charge in [0.1, 0.15) is 16.9 Å². The van der Waals surface area contributed by atoms with Gasteiger partial charge in [-0.1, -0.05) is 30.3 Å². The van der Waals surface area contributed by atoms with Crippen molar-refractivity contribution in [2.45, 2.75) is 0 Å². The van der Waals surface area contributed by atoms with Crippen molar-refractivity contribution in [3.05, 3.63) is 72.3 Å². The molecular weight excluding hydrogens is 370 g/mol. The number of anilines is 1. The molecule has 2 aromatic carbocycles. The minimum atomic E-state index is -1.32. The maximum absolute atomic E-state index is 12.8. The number of carboxylic acid groups (broad SMARTS) is 1. The zero-order valence-corrected chi connectivity index (χ0v) is 15.3. The van der Waals surface area contributed by atoms with Gasteiger partial charge in [-0.05, 0) is 29.8 Å². The summed E-state index contributed by atoms with van der Waals surface area (Å²) in [6.45, 7) is 3.85. The highest BCUT2D eigenvalue weighted by molar-refractivity contribution is 6.11. The fourth-order valence-electron chi connectivity index (χ4n) is 3.17. The van der Waals surface area contributed by atoms with Crippen molar-refractivity contribution >= 4 is 39.9 Å². The topological polar surface area (TPSA) is 126 Å². The largest absolute Gasteiger partial charge is 0.545 e. The molecule has 0 saturated heterocycles. The van der Waals surface area contributed by atoms with Crippen molar-refractivity contribution in [3.63, 3.8) is 0 Å². The molecular formula is C21H16N5O3-. The molecule has 8 nitrogen and oxygen atoms in total. The van der Waals surface area contributed by atoms with Gasteiger partial charge in [0.2, 0.25) is 0 Å². The number of rotatable bonds is 5. The van der Waals surface area contributed by atoms with Gasteiger partial charge in [0.25, 0.3) is 5.91 Å². The molecule has 0 aliphatic heterocycles. The number of nitrogens with two attached hydrogens (primary N) is 1. The van der Waals surface area contributed by atoms with Crippen LogP contribution in [-0.2, 0) is 0 Å². The molecule has 0 spiro atoms. The molecule has 4 rings (SSSR count). The van der Waals surface area contributed by atoms with Crippen molar-refractivity contribution in [2.24, 2.45) is 0 Å². The van der Waals surface area contributed by atoms with Crippen LogP contribution in [0.1, 0.15) is 20.7 Å². The molecule has 0 bridgehead atoms. The number of fused-ring (bicyclic) bond motifs is 2. The number of carbonyl (C=O) groups excluding carboxylic acids is 2.